The average Bonchev–Trinajstić information content (AvgIpc) is 2.57. The zero-order valence-electron chi connectivity index (χ0n) is 9.99. The molecule has 1 heterocycles. The summed E-state index contributed by atoms with van der Waals surface area (Å²) in [6.07, 6.45) is 2.56. The number of aryl methyl sites for hydroxylation is 1. The number of hydrogen-bond donors (Lipinski definition) is 0. The summed E-state index contributed by atoms with van der Waals surface area (Å²) in [5.74, 6) is -0.695. The van der Waals surface area contributed by atoms with Gasteiger partial charge in [-0.25, -0.2) is 9.37 Å². The fraction of sp³-hybridized carbons (Fsp3) is 0.455. The van der Waals surface area contributed by atoms with Crippen LogP contribution in [0.25, 0.3) is 0 Å². The predicted molar refractivity (Wildman–Crippen MR) is 59.8 cm³/mol. The highest BCUT2D eigenvalue weighted by Gasteiger charge is 2.18. The summed E-state index contributed by atoms with van der Waals surface area (Å²) >= 11 is 0. The van der Waals surface area contributed by atoms with Crippen molar-refractivity contribution in [3.63, 3.8) is 0 Å². The van der Waals surface area contributed by atoms with E-state index >= 15 is 0 Å². The number of ketones is 1. The summed E-state index contributed by atoms with van der Waals surface area (Å²) in [5.41, 5.74) is 0.288. The van der Waals surface area contributed by atoms with Gasteiger partial charge in [0.1, 0.15) is 11.5 Å². The molecule has 0 saturated heterocycles. The first kappa shape index (κ1) is 12.4. The molecule has 16 heavy (non-hydrogen) atoms. The number of rotatable bonds is 4. The lowest BCUT2D eigenvalue weighted by Gasteiger charge is -2.07. The number of carbonyl (C=O) groups excluding carboxylic acids is 1. The first-order valence-corrected chi connectivity index (χ1v) is 5.08. The number of aromatic nitrogens is 2. The maximum Gasteiger partial charge on any atom is 0.240 e. The molecule has 5 heteroatoms. The molecule has 0 N–H and O–H groups in total. The Labute approximate surface area is 94.4 Å². The van der Waals surface area contributed by atoms with Crippen molar-refractivity contribution in [2.24, 2.45) is 0 Å². The molecular formula is C11H16FN3O. The highest BCUT2D eigenvalue weighted by molar-refractivity contribution is 6.05. The lowest BCUT2D eigenvalue weighted by Crippen LogP contribution is -2.12. The topological polar surface area (TPSA) is 38.1 Å². The summed E-state index contributed by atoms with van der Waals surface area (Å²) in [5, 5.41) is 0. The third kappa shape index (κ3) is 2.48. The first-order valence-electron chi connectivity index (χ1n) is 5.08. The van der Waals surface area contributed by atoms with E-state index in [1.165, 1.54) is 11.1 Å². The third-order valence-corrected chi connectivity index (χ3v) is 2.19. The van der Waals surface area contributed by atoms with Gasteiger partial charge in [-0.3, -0.25) is 4.79 Å². The summed E-state index contributed by atoms with van der Waals surface area (Å²) in [7, 11) is 3.32. The second-order valence-electron chi connectivity index (χ2n) is 3.70. The van der Waals surface area contributed by atoms with E-state index in [1.54, 1.807) is 25.6 Å². The number of halogens is 1. The van der Waals surface area contributed by atoms with E-state index in [2.05, 4.69) is 4.98 Å². The van der Waals surface area contributed by atoms with Gasteiger partial charge in [-0.2, -0.15) is 0 Å². The van der Waals surface area contributed by atoms with Crippen molar-refractivity contribution in [2.75, 3.05) is 14.1 Å². The van der Waals surface area contributed by atoms with E-state index in [1.807, 2.05) is 6.92 Å². The minimum absolute atomic E-state index is 0.288. The van der Waals surface area contributed by atoms with Crippen LogP contribution in [-0.4, -0.2) is 34.3 Å². The van der Waals surface area contributed by atoms with E-state index in [4.69, 9.17) is 0 Å². The van der Waals surface area contributed by atoms with Crippen molar-refractivity contribution in [3.05, 3.63) is 29.7 Å². The zero-order valence-corrected chi connectivity index (χ0v) is 9.99. The highest BCUT2D eigenvalue weighted by atomic mass is 19.1. The van der Waals surface area contributed by atoms with Gasteiger partial charge in [-0.1, -0.05) is 0 Å². The summed E-state index contributed by atoms with van der Waals surface area (Å²) in [6.45, 7) is 4.27. The van der Waals surface area contributed by atoms with Crippen LogP contribution in [0.1, 0.15) is 23.2 Å². The molecule has 1 aromatic rings. The van der Waals surface area contributed by atoms with Gasteiger partial charge in [-0.15, -0.1) is 0 Å². The Bertz CT molecular complexity index is 421. The molecule has 0 amide bonds. The monoisotopic (exact) mass is 225 g/mol. The van der Waals surface area contributed by atoms with Crippen LogP contribution in [0.5, 0.6) is 0 Å². The maximum atomic E-state index is 13.5. The molecule has 4 nitrogen and oxygen atoms in total. The van der Waals surface area contributed by atoms with Gasteiger partial charge < -0.3 is 9.47 Å². The quantitative estimate of drug-likeness (QED) is 0.579. The van der Waals surface area contributed by atoms with Crippen molar-refractivity contribution in [1.29, 1.82) is 0 Å². The molecule has 88 valence electrons. The van der Waals surface area contributed by atoms with E-state index < -0.39 is 11.6 Å². The average molecular weight is 225 g/mol. The number of hydrogen-bond acceptors (Lipinski definition) is 3. The molecule has 0 radical (unpaired) electrons. The Morgan fingerprint density at radius 1 is 1.62 bits per heavy atom. The number of allylic oxidation sites excluding steroid dienone is 1. The molecule has 1 aromatic heterocycles. The fourth-order valence-corrected chi connectivity index (χ4v) is 1.46. The molecule has 1 rings (SSSR count). The molecule has 0 aliphatic carbocycles. The summed E-state index contributed by atoms with van der Waals surface area (Å²) in [4.78, 5) is 17.2. The predicted octanol–water partition coefficient (Wildman–Crippen LogP) is 1.77. The molecule has 0 saturated carbocycles. The molecule has 0 aliphatic rings. The van der Waals surface area contributed by atoms with Crippen LogP contribution in [0.3, 0.4) is 0 Å². The van der Waals surface area contributed by atoms with E-state index in [-0.39, 0.29) is 5.69 Å². The minimum Gasteiger partial charge on any atom is -0.381 e. The molecule has 0 fully saturated rings. The van der Waals surface area contributed by atoms with Gasteiger partial charge in [0.05, 0.1) is 6.20 Å². The van der Waals surface area contributed by atoms with Crippen molar-refractivity contribution < 1.29 is 9.18 Å². The number of carbonyl (C=O) groups is 1. The standard InChI is InChI=1S/C11H16FN3O/c1-5-15-8(2)13-6-10(15)11(16)9(12)7-14(3)4/h6-7H,5H2,1-4H3/b9-7-. The van der Waals surface area contributed by atoms with E-state index in [0.717, 1.165) is 6.20 Å². The lowest BCUT2D eigenvalue weighted by atomic mass is 10.2. The summed E-state index contributed by atoms with van der Waals surface area (Å²) < 4.78 is 15.2. The number of nitrogens with zero attached hydrogens (tertiary/aromatic N) is 3. The van der Waals surface area contributed by atoms with E-state index in [9.17, 15) is 9.18 Å². The molecule has 0 spiro atoms. The molecule has 0 atom stereocenters. The molecule has 0 aromatic carbocycles. The smallest absolute Gasteiger partial charge is 0.240 e. The van der Waals surface area contributed by atoms with Gasteiger partial charge in [-0.05, 0) is 13.8 Å². The molecule has 0 aliphatic heterocycles. The highest BCUT2D eigenvalue weighted by Crippen LogP contribution is 2.12. The second kappa shape index (κ2) is 4.92. The Kier molecular flexibility index (Phi) is 3.82. The Morgan fingerprint density at radius 2 is 2.25 bits per heavy atom. The van der Waals surface area contributed by atoms with Crippen molar-refractivity contribution >= 4 is 5.78 Å². The maximum absolute atomic E-state index is 13.5. The fourth-order valence-electron chi connectivity index (χ4n) is 1.46. The Balaban J connectivity index is 3.05. The summed E-state index contributed by atoms with van der Waals surface area (Å²) in [6, 6.07) is 0. The van der Waals surface area contributed by atoms with Crippen LogP contribution in [-0.2, 0) is 6.54 Å². The van der Waals surface area contributed by atoms with Crippen LogP contribution in [0.15, 0.2) is 18.2 Å². The number of Topliss-reactive ketones (excluding diaryl/α,β-unsaturated/α-hetero) is 1. The van der Waals surface area contributed by atoms with Crippen LogP contribution in [0.4, 0.5) is 4.39 Å². The SMILES string of the molecule is CCn1c(C(=O)/C(F)=C/N(C)C)cnc1C. The van der Waals surface area contributed by atoms with Crippen molar-refractivity contribution in [1.82, 2.24) is 14.5 Å². The van der Waals surface area contributed by atoms with Gasteiger partial charge in [0, 0.05) is 26.8 Å². The minimum atomic E-state index is -0.778. The van der Waals surface area contributed by atoms with Gasteiger partial charge in [0.15, 0.2) is 5.83 Å². The Hall–Kier alpha value is -1.65. The molecular weight excluding hydrogens is 209 g/mol. The zero-order chi connectivity index (χ0) is 12.3. The van der Waals surface area contributed by atoms with Crippen molar-refractivity contribution in [3.8, 4) is 0 Å². The van der Waals surface area contributed by atoms with Crippen LogP contribution >= 0.6 is 0 Å². The lowest BCUT2D eigenvalue weighted by molar-refractivity contribution is 0.0993. The number of imidazole rings is 1. The normalized spacial score (nSPS) is 11.7. The largest absolute Gasteiger partial charge is 0.381 e. The second-order valence-corrected chi connectivity index (χ2v) is 3.70. The molecule has 0 bridgehead atoms. The third-order valence-electron chi connectivity index (χ3n) is 2.19. The van der Waals surface area contributed by atoms with Crippen LogP contribution in [0, 0.1) is 6.92 Å². The van der Waals surface area contributed by atoms with Gasteiger partial charge in [0.25, 0.3) is 0 Å². The van der Waals surface area contributed by atoms with Gasteiger partial charge >= 0.3 is 0 Å². The Morgan fingerprint density at radius 3 is 2.75 bits per heavy atom. The van der Waals surface area contributed by atoms with Gasteiger partial charge in [0.2, 0.25) is 5.78 Å². The van der Waals surface area contributed by atoms with E-state index in [0.29, 0.717) is 12.4 Å². The van der Waals surface area contributed by atoms with Crippen LogP contribution < -0.4 is 0 Å². The first-order chi connectivity index (χ1) is 7.47. The van der Waals surface area contributed by atoms with Crippen LogP contribution in [0.2, 0.25) is 0 Å². The van der Waals surface area contributed by atoms with Crippen molar-refractivity contribution in [2.45, 2.75) is 20.4 Å². The molecule has 0 unspecified atom stereocenters.